The van der Waals surface area contributed by atoms with Gasteiger partial charge in [0.25, 0.3) is 0 Å². The van der Waals surface area contributed by atoms with E-state index in [4.69, 9.17) is 4.74 Å². The van der Waals surface area contributed by atoms with Crippen LogP contribution in [0.25, 0.3) is 0 Å². The van der Waals surface area contributed by atoms with Crippen molar-refractivity contribution in [2.24, 2.45) is 0 Å². The smallest absolute Gasteiger partial charge is 0.223 e. The Morgan fingerprint density at radius 2 is 2.00 bits per heavy atom. The van der Waals surface area contributed by atoms with Crippen molar-refractivity contribution < 1.29 is 9.53 Å². The summed E-state index contributed by atoms with van der Waals surface area (Å²) in [6.07, 6.45) is 6.32. The largest absolute Gasteiger partial charge is 0.494 e. The molecular formula is C19H23N7O2. The van der Waals surface area contributed by atoms with E-state index < -0.39 is 0 Å². The Bertz CT molecular complexity index is 916. The highest BCUT2D eigenvalue weighted by Crippen LogP contribution is 2.24. The molecule has 4 rings (SSSR count). The maximum Gasteiger partial charge on any atom is 0.223 e. The number of aromatic nitrogens is 6. The molecule has 2 aromatic heterocycles. The summed E-state index contributed by atoms with van der Waals surface area (Å²) in [5.74, 6) is 1.02. The number of carbonyl (C=O) groups is 1. The Labute approximate surface area is 162 Å². The fourth-order valence-corrected chi connectivity index (χ4v) is 3.27. The molecule has 0 N–H and O–H groups in total. The van der Waals surface area contributed by atoms with E-state index in [0.29, 0.717) is 39.1 Å². The minimum absolute atomic E-state index is 0.156. The molecule has 1 fully saturated rings. The summed E-state index contributed by atoms with van der Waals surface area (Å²) >= 11 is 0. The highest BCUT2D eigenvalue weighted by atomic mass is 16.5. The summed E-state index contributed by atoms with van der Waals surface area (Å²) in [5, 5.41) is 16.5. The molecule has 9 nitrogen and oxygen atoms in total. The van der Waals surface area contributed by atoms with Crippen LogP contribution < -0.4 is 4.74 Å². The number of rotatable bonds is 8. The van der Waals surface area contributed by atoms with E-state index in [9.17, 15) is 4.79 Å². The molecule has 1 amide bonds. The van der Waals surface area contributed by atoms with Gasteiger partial charge in [-0.2, -0.15) is 15.0 Å². The lowest BCUT2D eigenvalue weighted by Crippen LogP contribution is -2.51. The molecule has 0 radical (unpaired) electrons. The number of aryl methyl sites for hydroxylation is 1. The van der Waals surface area contributed by atoms with E-state index in [0.717, 1.165) is 17.0 Å². The van der Waals surface area contributed by atoms with Gasteiger partial charge >= 0.3 is 0 Å². The molecule has 1 aliphatic heterocycles. The average Bonchev–Trinajstić information content (AvgIpc) is 3.33. The van der Waals surface area contributed by atoms with Gasteiger partial charge in [0.05, 0.1) is 31.2 Å². The van der Waals surface area contributed by atoms with Crippen LogP contribution in [-0.4, -0.2) is 60.5 Å². The lowest BCUT2D eigenvalue weighted by molar-refractivity contribution is -0.137. The summed E-state index contributed by atoms with van der Waals surface area (Å²) in [6, 6.07) is 8.06. The molecule has 28 heavy (non-hydrogen) atoms. The lowest BCUT2D eigenvalue weighted by atomic mass is 10.0. The quantitative estimate of drug-likeness (QED) is 0.585. The van der Waals surface area contributed by atoms with Crippen LogP contribution in [0.1, 0.15) is 30.6 Å². The maximum absolute atomic E-state index is 12.5. The molecule has 1 saturated heterocycles. The summed E-state index contributed by atoms with van der Waals surface area (Å²) in [4.78, 5) is 15.9. The van der Waals surface area contributed by atoms with E-state index in [-0.39, 0.29) is 11.9 Å². The van der Waals surface area contributed by atoms with Crippen molar-refractivity contribution >= 4 is 5.91 Å². The first-order valence-corrected chi connectivity index (χ1v) is 9.46. The van der Waals surface area contributed by atoms with E-state index in [2.05, 4.69) is 20.5 Å². The second kappa shape index (κ2) is 8.20. The van der Waals surface area contributed by atoms with E-state index in [1.54, 1.807) is 17.2 Å². The average molecular weight is 381 g/mol. The normalized spacial score (nSPS) is 14.1. The molecule has 1 aromatic carbocycles. The third kappa shape index (κ3) is 4.03. The van der Waals surface area contributed by atoms with Gasteiger partial charge in [0.15, 0.2) is 0 Å². The number of hydrogen-bond donors (Lipinski definition) is 0. The SMILES string of the molecule is CCOc1ccccc1CCC(=O)N1CC(n2cc(Cn3nccn3)nn2)C1. The number of ether oxygens (including phenoxy) is 1. The van der Waals surface area contributed by atoms with Crippen LogP contribution in [-0.2, 0) is 17.8 Å². The first-order valence-electron chi connectivity index (χ1n) is 9.46. The Morgan fingerprint density at radius 3 is 2.79 bits per heavy atom. The zero-order valence-electron chi connectivity index (χ0n) is 15.8. The monoisotopic (exact) mass is 381 g/mol. The van der Waals surface area contributed by atoms with E-state index in [1.807, 2.05) is 47.0 Å². The predicted octanol–water partition coefficient (Wildman–Crippen LogP) is 1.33. The van der Waals surface area contributed by atoms with Crippen LogP contribution >= 0.6 is 0 Å². The fraction of sp³-hybridized carbons (Fsp3) is 0.421. The molecule has 0 atom stereocenters. The number of benzene rings is 1. The molecular weight excluding hydrogens is 358 g/mol. The van der Waals surface area contributed by atoms with Gasteiger partial charge in [-0.1, -0.05) is 23.4 Å². The number of carbonyl (C=O) groups excluding carboxylic acids is 1. The van der Waals surface area contributed by atoms with Gasteiger partial charge in [0.1, 0.15) is 18.0 Å². The van der Waals surface area contributed by atoms with E-state index >= 15 is 0 Å². The van der Waals surface area contributed by atoms with Crippen LogP contribution in [0, 0.1) is 0 Å². The summed E-state index contributed by atoms with van der Waals surface area (Å²) in [6.45, 7) is 4.39. The molecule has 0 saturated carbocycles. The Morgan fingerprint density at radius 1 is 1.21 bits per heavy atom. The zero-order chi connectivity index (χ0) is 19.3. The van der Waals surface area contributed by atoms with Gasteiger partial charge in [0, 0.05) is 19.5 Å². The first kappa shape index (κ1) is 18.1. The van der Waals surface area contributed by atoms with Crippen LogP contribution in [0.3, 0.4) is 0 Å². The van der Waals surface area contributed by atoms with Crippen LogP contribution in [0.15, 0.2) is 42.9 Å². The van der Waals surface area contributed by atoms with Crippen molar-refractivity contribution in [1.29, 1.82) is 0 Å². The number of para-hydroxylation sites is 1. The molecule has 146 valence electrons. The minimum atomic E-state index is 0.156. The van der Waals surface area contributed by atoms with E-state index in [1.165, 1.54) is 0 Å². The Hall–Kier alpha value is -3.23. The minimum Gasteiger partial charge on any atom is -0.494 e. The Balaban J connectivity index is 1.26. The molecule has 3 heterocycles. The molecule has 1 aliphatic rings. The molecule has 3 aromatic rings. The second-order valence-electron chi connectivity index (χ2n) is 6.74. The first-order chi connectivity index (χ1) is 13.7. The standard InChI is InChI=1S/C19H23N7O2/c1-2-28-18-6-4-3-5-15(18)7-8-19(27)24-13-17(14-24)25-11-16(22-23-25)12-26-20-9-10-21-26/h3-6,9-11,17H,2,7-8,12-14H2,1H3. The van der Waals surface area contributed by atoms with Crippen LogP contribution in [0.5, 0.6) is 5.75 Å². The highest BCUT2D eigenvalue weighted by molar-refractivity contribution is 5.77. The second-order valence-corrected chi connectivity index (χ2v) is 6.74. The van der Waals surface area contributed by atoms with Gasteiger partial charge in [-0.05, 0) is 25.0 Å². The Kier molecular flexibility index (Phi) is 5.31. The van der Waals surface area contributed by atoms with Crippen molar-refractivity contribution in [2.75, 3.05) is 19.7 Å². The number of hydrogen-bond acceptors (Lipinski definition) is 6. The van der Waals surface area contributed by atoms with Crippen molar-refractivity contribution in [3.8, 4) is 5.75 Å². The fourth-order valence-electron chi connectivity index (χ4n) is 3.27. The molecule has 9 heteroatoms. The third-order valence-electron chi connectivity index (χ3n) is 4.80. The maximum atomic E-state index is 12.5. The third-order valence-corrected chi connectivity index (χ3v) is 4.80. The van der Waals surface area contributed by atoms with Crippen molar-refractivity contribution in [1.82, 2.24) is 34.9 Å². The summed E-state index contributed by atoms with van der Waals surface area (Å²) in [5.41, 5.74) is 1.87. The van der Waals surface area contributed by atoms with Crippen molar-refractivity contribution in [3.63, 3.8) is 0 Å². The predicted molar refractivity (Wildman–Crippen MR) is 101 cm³/mol. The molecule has 0 spiro atoms. The molecule has 0 bridgehead atoms. The lowest BCUT2D eigenvalue weighted by Gasteiger charge is -2.39. The van der Waals surface area contributed by atoms with Gasteiger partial charge < -0.3 is 9.64 Å². The van der Waals surface area contributed by atoms with Gasteiger partial charge in [-0.3, -0.25) is 4.79 Å². The van der Waals surface area contributed by atoms with Crippen molar-refractivity contribution in [3.05, 3.63) is 54.1 Å². The number of amides is 1. The number of nitrogens with zero attached hydrogens (tertiary/aromatic N) is 7. The van der Waals surface area contributed by atoms with Gasteiger partial charge in [-0.25, -0.2) is 4.68 Å². The topological polar surface area (TPSA) is 91.0 Å². The molecule has 0 unspecified atom stereocenters. The number of likely N-dealkylation sites (tertiary alicyclic amines) is 1. The summed E-state index contributed by atoms with van der Waals surface area (Å²) in [7, 11) is 0. The van der Waals surface area contributed by atoms with Gasteiger partial charge in [0.2, 0.25) is 5.91 Å². The van der Waals surface area contributed by atoms with Crippen LogP contribution in [0.2, 0.25) is 0 Å². The van der Waals surface area contributed by atoms with Crippen molar-refractivity contribution in [2.45, 2.75) is 32.4 Å². The van der Waals surface area contributed by atoms with Gasteiger partial charge in [-0.15, -0.1) is 5.10 Å². The zero-order valence-corrected chi connectivity index (χ0v) is 15.8. The molecule has 0 aliphatic carbocycles. The van der Waals surface area contributed by atoms with Crippen LogP contribution in [0.4, 0.5) is 0 Å². The highest BCUT2D eigenvalue weighted by Gasteiger charge is 2.32. The summed E-state index contributed by atoms with van der Waals surface area (Å²) < 4.78 is 7.46.